The summed E-state index contributed by atoms with van der Waals surface area (Å²) in [4.78, 5) is 0. The first-order valence-corrected chi connectivity index (χ1v) is 10.1. The lowest BCUT2D eigenvalue weighted by atomic mass is 10.2. The molecule has 0 N–H and O–H groups in total. The first kappa shape index (κ1) is 19.3. The number of hydrogen-bond donors (Lipinski definition) is 0. The number of hydrogen-bond acceptors (Lipinski definition) is 3. The minimum atomic E-state index is -3.59. The highest BCUT2D eigenvalue weighted by atomic mass is 35.5. The number of alkyl halides is 2. The first-order valence-electron chi connectivity index (χ1n) is 7.58. The molecule has 130 valence electrons. The fourth-order valence-corrected chi connectivity index (χ4v) is 4.43. The van der Waals surface area contributed by atoms with Crippen molar-refractivity contribution >= 4 is 30.9 Å². The topological polar surface area (TPSA) is 38.8 Å². The fourth-order valence-electron chi connectivity index (χ4n) is 2.06. The zero-order chi connectivity index (χ0) is 17.3. The zero-order valence-corrected chi connectivity index (χ0v) is 15.6. The summed E-state index contributed by atoms with van der Waals surface area (Å²) in [5.41, 5.74) is 0.908. The average molecular weight is 388 g/mol. The van der Waals surface area contributed by atoms with Crippen LogP contribution in [0.1, 0.15) is 5.56 Å². The predicted molar refractivity (Wildman–Crippen MR) is 98.9 cm³/mol. The molecular formula is C17H20Cl2NO3P. The third-order valence-corrected chi connectivity index (χ3v) is 5.56. The van der Waals surface area contributed by atoms with Crippen molar-refractivity contribution in [3.8, 4) is 5.75 Å². The second-order valence-corrected chi connectivity index (χ2v) is 7.66. The molecule has 2 aromatic carbocycles. The number of para-hydroxylation sites is 1. The van der Waals surface area contributed by atoms with E-state index in [9.17, 15) is 4.57 Å². The molecule has 7 heteroatoms. The van der Waals surface area contributed by atoms with Crippen LogP contribution >= 0.6 is 30.9 Å². The Morgan fingerprint density at radius 1 is 0.875 bits per heavy atom. The van der Waals surface area contributed by atoms with Crippen LogP contribution in [0.25, 0.3) is 0 Å². The Morgan fingerprint density at radius 3 is 1.96 bits per heavy atom. The van der Waals surface area contributed by atoms with E-state index < -0.39 is 7.75 Å². The molecule has 0 amide bonds. The molecule has 0 bridgehead atoms. The summed E-state index contributed by atoms with van der Waals surface area (Å²) in [6.07, 6.45) is 0. The Balaban J connectivity index is 2.19. The van der Waals surface area contributed by atoms with Crippen molar-refractivity contribution in [2.45, 2.75) is 6.61 Å². The first-order chi connectivity index (χ1) is 11.7. The molecule has 1 atom stereocenters. The van der Waals surface area contributed by atoms with E-state index in [4.69, 9.17) is 32.2 Å². The van der Waals surface area contributed by atoms with Crippen molar-refractivity contribution in [2.24, 2.45) is 0 Å². The molecular weight excluding hydrogens is 368 g/mol. The van der Waals surface area contributed by atoms with E-state index in [-0.39, 0.29) is 6.61 Å². The minimum absolute atomic E-state index is 0.173. The quantitative estimate of drug-likeness (QED) is 0.416. The summed E-state index contributed by atoms with van der Waals surface area (Å²) in [7, 11) is -3.59. The standard InChI is InChI=1S/C17H20Cl2NO3P/c18-11-13-20(14-12-19)24(21,23-17-9-5-2-6-10-17)22-15-16-7-3-1-4-8-16/h1-10H,11-15H2/t24-/m0/s1. The van der Waals surface area contributed by atoms with Crippen molar-refractivity contribution < 1.29 is 13.6 Å². The molecule has 0 heterocycles. The van der Waals surface area contributed by atoms with Crippen LogP contribution < -0.4 is 4.52 Å². The third-order valence-electron chi connectivity index (χ3n) is 3.23. The van der Waals surface area contributed by atoms with Crippen molar-refractivity contribution in [1.29, 1.82) is 0 Å². The van der Waals surface area contributed by atoms with Crippen molar-refractivity contribution in [3.05, 3.63) is 66.2 Å². The molecule has 0 aliphatic heterocycles. The lowest BCUT2D eigenvalue weighted by molar-refractivity contribution is 0.205. The second-order valence-electron chi connectivity index (χ2n) is 4.96. The van der Waals surface area contributed by atoms with Gasteiger partial charge in [0.25, 0.3) is 0 Å². The van der Waals surface area contributed by atoms with Crippen LogP contribution in [0.15, 0.2) is 60.7 Å². The summed E-state index contributed by atoms with van der Waals surface area (Å²) < 4.78 is 26.4. The number of benzene rings is 2. The molecule has 0 aromatic heterocycles. The van der Waals surface area contributed by atoms with Crippen molar-refractivity contribution in [2.75, 3.05) is 24.8 Å². The average Bonchev–Trinajstić information content (AvgIpc) is 2.62. The van der Waals surface area contributed by atoms with Crippen molar-refractivity contribution in [3.63, 3.8) is 0 Å². The van der Waals surface area contributed by atoms with Gasteiger partial charge in [0.05, 0.1) is 6.61 Å². The smallest absolute Gasteiger partial charge is 0.413 e. The molecule has 0 saturated carbocycles. The predicted octanol–water partition coefficient (Wildman–Crippen LogP) is 5.17. The minimum Gasteiger partial charge on any atom is -0.413 e. The summed E-state index contributed by atoms with van der Waals surface area (Å²) in [5, 5.41) is 0. The molecule has 0 saturated heterocycles. The van der Waals surface area contributed by atoms with Gasteiger partial charge in [-0.2, -0.15) is 4.67 Å². The normalized spacial score (nSPS) is 13.6. The highest BCUT2D eigenvalue weighted by Gasteiger charge is 2.35. The van der Waals surface area contributed by atoms with Crippen LogP contribution in [0.4, 0.5) is 0 Å². The number of halogens is 2. The molecule has 4 nitrogen and oxygen atoms in total. The monoisotopic (exact) mass is 387 g/mol. The summed E-state index contributed by atoms with van der Waals surface area (Å²) in [6, 6.07) is 18.5. The van der Waals surface area contributed by atoms with E-state index in [0.717, 1.165) is 5.56 Å². The van der Waals surface area contributed by atoms with E-state index in [1.807, 2.05) is 48.5 Å². The Hall–Kier alpha value is -1.03. The Morgan fingerprint density at radius 2 is 1.42 bits per heavy atom. The highest BCUT2D eigenvalue weighted by Crippen LogP contribution is 2.52. The highest BCUT2D eigenvalue weighted by molar-refractivity contribution is 7.51. The van der Waals surface area contributed by atoms with Gasteiger partial charge in [0, 0.05) is 24.8 Å². The molecule has 0 fully saturated rings. The van der Waals surface area contributed by atoms with Gasteiger partial charge in [0.15, 0.2) is 0 Å². The van der Waals surface area contributed by atoms with E-state index in [1.54, 1.807) is 16.8 Å². The van der Waals surface area contributed by atoms with E-state index in [0.29, 0.717) is 30.6 Å². The molecule has 0 unspecified atom stereocenters. The molecule has 0 aliphatic carbocycles. The zero-order valence-electron chi connectivity index (χ0n) is 13.2. The van der Waals surface area contributed by atoms with Crippen LogP contribution in [-0.4, -0.2) is 29.5 Å². The van der Waals surface area contributed by atoms with E-state index in [1.165, 1.54) is 0 Å². The van der Waals surface area contributed by atoms with Crippen LogP contribution in [0.3, 0.4) is 0 Å². The van der Waals surface area contributed by atoms with Crippen LogP contribution in [-0.2, 0) is 15.7 Å². The lowest BCUT2D eigenvalue weighted by Gasteiger charge is -2.29. The van der Waals surface area contributed by atoms with Gasteiger partial charge in [-0.15, -0.1) is 23.2 Å². The van der Waals surface area contributed by atoms with Gasteiger partial charge in [-0.3, -0.25) is 4.52 Å². The number of nitrogens with zero attached hydrogens (tertiary/aromatic N) is 1. The van der Waals surface area contributed by atoms with Gasteiger partial charge in [-0.1, -0.05) is 48.5 Å². The van der Waals surface area contributed by atoms with Crippen molar-refractivity contribution in [1.82, 2.24) is 4.67 Å². The largest absolute Gasteiger partial charge is 0.461 e. The third kappa shape index (κ3) is 5.80. The SMILES string of the molecule is O=[P@@](OCc1ccccc1)(Oc1ccccc1)N(CCCl)CCCl. The Kier molecular flexibility index (Phi) is 8.10. The maximum Gasteiger partial charge on any atom is 0.461 e. The molecule has 0 spiro atoms. The van der Waals surface area contributed by atoms with Gasteiger partial charge in [0.2, 0.25) is 0 Å². The van der Waals surface area contributed by atoms with Gasteiger partial charge >= 0.3 is 7.75 Å². The second kappa shape index (κ2) is 10.1. The van der Waals surface area contributed by atoms with Crippen LogP contribution in [0.5, 0.6) is 5.75 Å². The van der Waals surface area contributed by atoms with E-state index >= 15 is 0 Å². The molecule has 0 aliphatic rings. The lowest BCUT2D eigenvalue weighted by Crippen LogP contribution is -2.28. The Bertz CT molecular complexity index is 637. The molecule has 0 radical (unpaired) electrons. The molecule has 2 rings (SSSR count). The van der Waals surface area contributed by atoms with Gasteiger partial charge in [0.1, 0.15) is 5.75 Å². The maximum absolute atomic E-state index is 13.4. The summed E-state index contributed by atoms with van der Waals surface area (Å²) >= 11 is 11.7. The van der Waals surface area contributed by atoms with Crippen LogP contribution in [0.2, 0.25) is 0 Å². The maximum atomic E-state index is 13.4. The van der Waals surface area contributed by atoms with Gasteiger partial charge < -0.3 is 4.52 Å². The number of rotatable bonds is 10. The van der Waals surface area contributed by atoms with Gasteiger partial charge in [-0.25, -0.2) is 4.57 Å². The summed E-state index contributed by atoms with van der Waals surface area (Å²) in [6.45, 7) is 0.881. The van der Waals surface area contributed by atoms with E-state index in [2.05, 4.69) is 0 Å². The summed E-state index contributed by atoms with van der Waals surface area (Å²) in [5.74, 6) is 1.07. The molecule has 24 heavy (non-hydrogen) atoms. The van der Waals surface area contributed by atoms with Gasteiger partial charge in [-0.05, 0) is 17.7 Å². The fraction of sp³-hybridized carbons (Fsp3) is 0.294. The molecule has 2 aromatic rings. The Labute approximate surface area is 152 Å². The van der Waals surface area contributed by atoms with Crippen LogP contribution in [0, 0.1) is 0 Å².